The summed E-state index contributed by atoms with van der Waals surface area (Å²) in [4.78, 5) is 15.5. The third kappa shape index (κ3) is 2.59. The molecule has 0 spiro atoms. The van der Waals surface area contributed by atoms with Crippen LogP contribution in [-0.2, 0) is 11.2 Å². The Morgan fingerprint density at radius 1 is 1.20 bits per heavy atom. The highest BCUT2D eigenvalue weighted by Gasteiger charge is 2.17. The van der Waals surface area contributed by atoms with Crippen LogP contribution in [0.25, 0.3) is 0 Å². The Bertz CT molecular complexity index is 672. The predicted octanol–water partition coefficient (Wildman–Crippen LogP) is 2.78. The quantitative estimate of drug-likeness (QED) is 0.889. The van der Waals surface area contributed by atoms with E-state index in [1.54, 1.807) is 12.4 Å². The van der Waals surface area contributed by atoms with Crippen molar-refractivity contribution in [3.8, 4) is 0 Å². The molecule has 1 aliphatic rings. The summed E-state index contributed by atoms with van der Waals surface area (Å²) in [5.74, 6) is 0.0748. The van der Waals surface area contributed by atoms with Crippen LogP contribution in [-0.4, -0.2) is 10.9 Å². The Kier molecular flexibility index (Phi) is 3.54. The number of benzene rings is 1. The van der Waals surface area contributed by atoms with Crippen molar-refractivity contribution in [3.63, 3.8) is 0 Å². The van der Waals surface area contributed by atoms with E-state index in [0.717, 1.165) is 33.3 Å². The smallest absolute Gasteiger partial charge is 0.224 e. The third-order valence-corrected chi connectivity index (χ3v) is 3.90. The standard InChI is InChI=1S/C15H14BrN3O/c16-12-6-11(7-18-8-12)15(17)10-1-3-13-9(5-10)2-4-14(20)19-13/h1,3,5-8,15H,2,4,17H2,(H,19,20). The Hall–Kier alpha value is -1.72. The lowest BCUT2D eigenvalue weighted by Crippen LogP contribution is -2.20. The van der Waals surface area contributed by atoms with Gasteiger partial charge < -0.3 is 11.1 Å². The SMILES string of the molecule is NC(c1cncc(Br)c1)c1ccc2c(c1)CCC(=O)N2. The average Bonchev–Trinajstić information content (AvgIpc) is 2.46. The van der Waals surface area contributed by atoms with Gasteiger partial charge in [0.2, 0.25) is 5.91 Å². The molecule has 0 aliphatic carbocycles. The second-order valence-electron chi connectivity index (χ2n) is 4.88. The number of aromatic nitrogens is 1. The van der Waals surface area contributed by atoms with E-state index in [9.17, 15) is 4.79 Å². The number of amides is 1. The van der Waals surface area contributed by atoms with Crippen molar-refractivity contribution in [1.29, 1.82) is 0 Å². The van der Waals surface area contributed by atoms with Crippen molar-refractivity contribution in [2.75, 3.05) is 5.32 Å². The number of hydrogen-bond acceptors (Lipinski definition) is 3. The zero-order chi connectivity index (χ0) is 14.1. The molecule has 20 heavy (non-hydrogen) atoms. The molecule has 102 valence electrons. The van der Waals surface area contributed by atoms with Gasteiger partial charge in [0.25, 0.3) is 0 Å². The fraction of sp³-hybridized carbons (Fsp3) is 0.200. The molecule has 4 nitrogen and oxygen atoms in total. The van der Waals surface area contributed by atoms with Crippen LogP contribution in [0.15, 0.2) is 41.1 Å². The molecule has 2 aromatic rings. The van der Waals surface area contributed by atoms with Crippen LogP contribution in [0.3, 0.4) is 0 Å². The van der Waals surface area contributed by atoms with Gasteiger partial charge in [-0.1, -0.05) is 12.1 Å². The Balaban J connectivity index is 1.93. The normalized spacial score (nSPS) is 15.4. The van der Waals surface area contributed by atoms with Crippen molar-refractivity contribution in [3.05, 3.63) is 57.8 Å². The van der Waals surface area contributed by atoms with E-state index in [2.05, 4.69) is 32.3 Å². The second-order valence-corrected chi connectivity index (χ2v) is 5.79. The molecule has 1 amide bonds. The minimum Gasteiger partial charge on any atom is -0.326 e. The van der Waals surface area contributed by atoms with E-state index in [1.165, 1.54) is 0 Å². The number of carbonyl (C=O) groups excluding carboxylic acids is 1. The monoisotopic (exact) mass is 331 g/mol. The summed E-state index contributed by atoms with van der Waals surface area (Å²) >= 11 is 3.40. The molecular formula is C15H14BrN3O. The van der Waals surface area contributed by atoms with Gasteiger partial charge in [-0.3, -0.25) is 9.78 Å². The summed E-state index contributed by atoms with van der Waals surface area (Å²) in [7, 11) is 0. The topological polar surface area (TPSA) is 68.0 Å². The molecule has 1 aromatic carbocycles. The minimum atomic E-state index is -0.220. The molecule has 1 atom stereocenters. The average molecular weight is 332 g/mol. The van der Waals surface area contributed by atoms with Gasteiger partial charge in [-0.25, -0.2) is 0 Å². The molecule has 5 heteroatoms. The molecule has 2 heterocycles. The number of aryl methyl sites for hydroxylation is 1. The highest BCUT2D eigenvalue weighted by molar-refractivity contribution is 9.10. The van der Waals surface area contributed by atoms with Gasteiger partial charge in [-0.15, -0.1) is 0 Å². The Labute approximate surface area is 125 Å². The maximum absolute atomic E-state index is 11.4. The molecule has 3 N–H and O–H groups in total. The van der Waals surface area contributed by atoms with Gasteiger partial charge in [-0.2, -0.15) is 0 Å². The molecule has 0 fully saturated rings. The number of fused-ring (bicyclic) bond motifs is 1. The molecule has 0 saturated carbocycles. The largest absolute Gasteiger partial charge is 0.326 e. The minimum absolute atomic E-state index is 0.0748. The third-order valence-electron chi connectivity index (χ3n) is 3.47. The number of rotatable bonds is 2. The molecular weight excluding hydrogens is 318 g/mol. The maximum atomic E-state index is 11.4. The van der Waals surface area contributed by atoms with Gasteiger partial charge in [0, 0.05) is 29.0 Å². The lowest BCUT2D eigenvalue weighted by molar-refractivity contribution is -0.116. The zero-order valence-electron chi connectivity index (χ0n) is 10.8. The second kappa shape index (κ2) is 5.34. The van der Waals surface area contributed by atoms with Crippen molar-refractivity contribution >= 4 is 27.5 Å². The first-order valence-corrected chi connectivity index (χ1v) is 7.21. The van der Waals surface area contributed by atoms with E-state index < -0.39 is 0 Å². The number of halogens is 1. The highest BCUT2D eigenvalue weighted by atomic mass is 79.9. The van der Waals surface area contributed by atoms with E-state index in [-0.39, 0.29) is 11.9 Å². The molecule has 1 aliphatic heterocycles. The van der Waals surface area contributed by atoms with E-state index in [0.29, 0.717) is 6.42 Å². The van der Waals surface area contributed by atoms with E-state index in [4.69, 9.17) is 5.73 Å². The van der Waals surface area contributed by atoms with Crippen LogP contribution in [0.2, 0.25) is 0 Å². The molecule has 1 unspecified atom stereocenters. The zero-order valence-corrected chi connectivity index (χ0v) is 12.4. The summed E-state index contributed by atoms with van der Waals surface area (Å²) in [6, 6.07) is 7.70. The summed E-state index contributed by atoms with van der Waals surface area (Å²) < 4.78 is 0.913. The van der Waals surface area contributed by atoms with Gasteiger partial charge in [0.1, 0.15) is 0 Å². The van der Waals surface area contributed by atoms with Crippen LogP contribution in [0.1, 0.15) is 29.2 Å². The number of carbonyl (C=O) groups is 1. The van der Waals surface area contributed by atoms with E-state index >= 15 is 0 Å². The van der Waals surface area contributed by atoms with Crippen LogP contribution >= 0.6 is 15.9 Å². The summed E-state index contributed by atoms with van der Waals surface area (Å²) in [5, 5.41) is 2.88. The first kappa shape index (κ1) is 13.3. The van der Waals surface area contributed by atoms with Crippen LogP contribution < -0.4 is 11.1 Å². The molecule has 0 bridgehead atoms. The highest BCUT2D eigenvalue weighted by Crippen LogP contribution is 2.28. The molecule has 0 radical (unpaired) electrons. The van der Waals surface area contributed by atoms with Gasteiger partial charge in [0.05, 0.1) is 6.04 Å². The van der Waals surface area contributed by atoms with Crippen molar-refractivity contribution in [2.45, 2.75) is 18.9 Å². The number of nitrogens with one attached hydrogen (secondary N) is 1. The fourth-order valence-electron chi connectivity index (χ4n) is 2.39. The number of anilines is 1. The Morgan fingerprint density at radius 2 is 2.05 bits per heavy atom. The van der Waals surface area contributed by atoms with Crippen molar-refractivity contribution < 1.29 is 4.79 Å². The first-order chi connectivity index (χ1) is 9.63. The van der Waals surface area contributed by atoms with Crippen molar-refractivity contribution in [1.82, 2.24) is 4.98 Å². The molecule has 0 saturated heterocycles. The lowest BCUT2D eigenvalue weighted by Gasteiger charge is -2.20. The van der Waals surface area contributed by atoms with Crippen molar-refractivity contribution in [2.24, 2.45) is 5.73 Å². The Morgan fingerprint density at radius 3 is 2.85 bits per heavy atom. The number of nitrogens with zero attached hydrogens (tertiary/aromatic N) is 1. The van der Waals surface area contributed by atoms with Gasteiger partial charge >= 0.3 is 0 Å². The van der Waals surface area contributed by atoms with Gasteiger partial charge in [-0.05, 0) is 51.2 Å². The van der Waals surface area contributed by atoms with Crippen LogP contribution in [0.4, 0.5) is 5.69 Å². The number of pyridine rings is 1. The van der Waals surface area contributed by atoms with Gasteiger partial charge in [0.15, 0.2) is 0 Å². The number of nitrogens with two attached hydrogens (primary N) is 1. The number of hydrogen-bond donors (Lipinski definition) is 2. The molecule has 1 aromatic heterocycles. The van der Waals surface area contributed by atoms with Crippen LogP contribution in [0, 0.1) is 0 Å². The molecule has 3 rings (SSSR count). The lowest BCUT2D eigenvalue weighted by atomic mass is 9.95. The first-order valence-electron chi connectivity index (χ1n) is 6.42. The summed E-state index contributed by atoms with van der Waals surface area (Å²) in [6.07, 6.45) is 4.80. The fourth-order valence-corrected chi connectivity index (χ4v) is 2.77. The summed E-state index contributed by atoms with van der Waals surface area (Å²) in [5.41, 5.74) is 10.3. The van der Waals surface area contributed by atoms with E-state index in [1.807, 2.05) is 18.2 Å². The van der Waals surface area contributed by atoms with Crippen LogP contribution in [0.5, 0.6) is 0 Å². The summed E-state index contributed by atoms with van der Waals surface area (Å²) in [6.45, 7) is 0. The predicted molar refractivity (Wildman–Crippen MR) is 81.4 cm³/mol. The maximum Gasteiger partial charge on any atom is 0.224 e.